The summed E-state index contributed by atoms with van der Waals surface area (Å²) in [5.41, 5.74) is 3.61. The van der Waals surface area contributed by atoms with Crippen LogP contribution in [-0.2, 0) is 13.0 Å². The van der Waals surface area contributed by atoms with Crippen molar-refractivity contribution in [3.63, 3.8) is 0 Å². The monoisotopic (exact) mass is 557 g/mol. The van der Waals surface area contributed by atoms with Crippen molar-refractivity contribution in [2.45, 2.75) is 13.0 Å². The van der Waals surface area contributed by atoms with E-state index in [0.29, 0.717) is 48.0 Å². The van der Waals surface area contributed by atoms with E-state index in [1.807, 2.05) is 12.1 Å². The number of nitrogens with one attached hydrogen (secondary N) is 2. The van der Waals surface area contributed by atoms with Crippen LogP contribution in [0.1, 0.15) is 32.2 Å². The highest BCUT2D eigenvalue weighted by Gasteiger charge is 2.26. The molecule has 2 N–H and O–H groups in total. The summed E-state index contributed by atoms with van der Waals surface area (Å²) in [6.45, 7) is 0.973. The number of fused-ring (bicyclic) bond motifs is 2. The van der Waals surface area contributed by atoms with E-state index >= 15 is 0 Å². The highest BCUT2D eigenvalue weighted by molar-refractivity contribution is 6.06. The molecule has 0 bridgehead atoms. The third-order valence-electron chi connectivity index (χ3n) is 7.15. The molecule has 208 valence electrons. The van der Waals surface area contributed by atoms with Gasteiger partial charge in [-0.25, -0.2) is 8.78 Å². The van der Waals surface area contributed by atoms with Gasteiger partial charge in [0.05, 0.1) is 19.7 Å². The average molecular weight is 558 g/mol. The lowest BCUT2D eigenvalue weighted by Gasteiger charge is -2.29. The molecule has 0 unspecified atom stereocenters. The first-order valence-electron chi connectivity index (χ1n) is 12.9. The number of methoxy groups -OCH3 is 2. The van der Waals surface area contributed by atoms with Crippen molar-refractivity contribution in [2.75, 3.05) is 26.1 Å². The van der Waals surface area contributed by atoms with Crippen molar-refractivity contribution in [3.8, 4) is 22.8 Å². The molecule has 0 atom stereocenters. The van der Waals surface area contributed by atoms with Crippen LogP contribution in [0.25, 0.3) is 22.2 Å². The number of anilines is 1. The standard InChI is InChI=1S/C31H25F2N3O5/c1-39-28-11-18-9-10-36(16-19(18)12-29(28)40-2)31(38)27-8-7-26(41-27)17-3-5-21(6-4-17)34-30(37)25-15-22-23(33)13-20(32)14-24(22)35-25/h3-8,11-15,35H,9-10,16H2,1-2H3,(H,34,37). The van der Waals surface area contributed by atoms with Crippen LogP contribution in [0.4, 0.5) is 14.5 Å². The number of nitrogens with zero attached hydrogens (tertiary/aromatic N) is 1. The summed E-state index contributed by atoms with van der Waals surface area (Å²) in [7, 11) is 3.18. The minimum Gasteiger partial charge on any atom is -0.493 e. The Labute approximate surface area is 233 Å². The number of hydrogen-bond donors (Lipinski definition) is 2. The Kier molecular flexibility index (Phi) is 6.66. The minimum absolute atomic E-state index is 0.0979. The van der Waals surface area contributed by atoms with Crippen LogP contribution in [0.3, 0.4) is 0 Å². The molecule has 0 saturated carbocycles. The lowest BCUT2D eigenvalue weighted by atomic mass is 9.98. The molecule has 5 aromatic rings. The second-order valence-electron chi connectivity index (χ2n) is 9.68. The van der Waals surface area contributed by atoms with Crippen LogP contribution in [0.2, 0.25) is 0 Å². The summed E-state index contributed by atoms with van der Waals surface area (Å²) >= 11 is 0. The smallest absolute Gasteiger partial charge is 0.289 e. The molecule has 10 heteroatoms. The van der Waals surface area contributed by atoms with Gasteiger partial charge in [0.2, 0.25) is 0 Å². The topological polar surface area (TPSA) is 96.8 Å². The van der Waals surface area contributed by atoms with Crippen molar-refractivity contribution >= 4 is 28.4 Å². The number of ether oxygens (including phenoxy) is 2. The molecule has 1 aliphatic rings. The maximum absolute atomic E-state index is 14.0. The van der Waals surface area contributed by atoms with E-state index in [1.54, 1.807) is 55.5 Å². The Balaban J connectivity index is 1.13. The molecule has 3 aromatic carbocycles. The number of carbonyl (C=O) groups is 2. The molecular weight excluding hydrogens is 532 g/mol. The zero-order chi connectivity index (χ0) is 28.7. The normalized spacial score (nSPS) is 12.7. The fourth-order valence-electron chi connectivity index (χ4n) is 5.02. The second kappa shape index (κ2) is 10.5. The number of aromatic nitrogens is 1. The number of carbonyl (C=O) groups excluding carboxylic acids is 2. The van der Waals surface area contributed by atoms with Gasteiger partial charge in [0, 0.05) is 35.8 Å². The number of H-pyrrole nitrogens is 1. The molecule has 0 aliphatic carbocycles. The summed E-state index contributed by atoms with van der Waals surface area (Å²) in [5.74, 6) is -0.184. The lowest BCUT2D eigenvalue weighted by Crippen LogP contribution is -2.35. The summed E-state index contributed by atoms with van der Waals surface area (Å²) in [6, 6.07) is 17.3. The molecular formula is C31H25F2N3O5. The number of hydrogen-bond acceptors (Lipinski definition) is 5. The highest BCUT2D eigenvalue weighted by atomic mass is 19.1. The Hall–Kier alpha value is -5.12. The van der Waals surface area contributed by atoms with Gasteiger partial charge in [-0.3, -0.25) is 9.59 Å². The van der Waals surface area contributed by atoms with Crippen molar-refractivity contribution < 1.29 is 32.3 Å². The molecule has 3 heterocycles. The van der Waals surface area contributed by atoms with Gasteiger partial charge in [-0.1, -0.05) is 0 Å². The molecule has 0 fully saturated rings. The van der Waals surface area contributed by atoms with Gasteiger partial charge >= 0.3 is 0 Å². The van der Waals surface area contributed by atoms with Gasteiger partial charge in [-0.15, -0.1) is 0 Å². The number of rotatable bonds is 6. The summed E-state index contributed by atoms with van der Waals surface area (Å²) in [6.07, 6.45) is 0.687. The Bertz CT molecular complexity index is 1790. The van der Waals surface area contributed by atoms with Gasteiger partial charge in [0.1, 0.15) is 23.1 Å². The van der Waals surface area contributed by atoms with Gasteiger partial charge in [0.15, 0.2) is 17.3 Å². The van der Waals surface area contributed by atoms with Gasteiger partial charge in [-0.2, -0.15) is 0 Å². The fourth-order valence-corrected chi connectivity index (χ4v) is 5.02. The molecule has 0 saturated heterocycles. The SMILES string of the molecule is COc1cc2c(cc1OC)CN(C(=O)c1ccc(-c3ccc(NC(=O)c4cc5c(F)cc(F)cc5[nH]4)cc3)o1)CC2. The second-order valence-corrected chi connectivity index (χ2v) is 9.68. The van der Waals surface area contributed by atoms with E-state index in [-0.39, 0.29) is 28.3 Å². The summed E-state index contributed by atoms with van der Waals surface area (Å²) in [5, 5.41) is 2.86. The maximum Gasteiger partial charge on any atom is 0.289 e. The largest absolute Gasteiger partial charge is 0.493 e. The highest BCUT2D eigenvalue weighted by Crippen LogP contribution is 2.34. The van der Waals surface area contributed by atoms with Crippen LogP contribution < -0.4 is 14.8 Å². The Morgan fingerprint density at radius 2 is 1.66 bits per heavy atom. The first kappa shape index (κ1) is 26.1. The van der Waals surface area contributed by atoms with E-state index in [4.69, 9.17) is 13.9 Å². The zero-order valence-electron chi connectivity index (χ0n) is 22.2. The molecule has 41 heavy (non-hydrogen) atoms. The minimum atomic E-state index is -0.748. The van der Waals surface area contributed by atoms with Gasteiger partial charge in [-0.05, 0) is 78.2 Å². The van der Waals surface area contributed by atoms with Gasteiger partial charge < -0.3 is 29.1 Å². The number of furan rings is 1. The zero-order valence-corrected chi connectivity index (χ0v) is 22.2. The average Bonchev–Trinajstić information content (AvgIpc) is 3.64. The van der Waals surface area contributed by atoms with E-state index in [1.165, 1.54) is 6.07 Å². The number of amides is 2. The van der Waals surface area contributed by atoms with Crippen molar-refractivity contribution in [1.29, 1.82) is 0 Å². The quantitative estimate of drug-likeness (QED) is 0.260. The van der Waals surface area contributed by atoms with Crippen molar-refractivity contribution in [1.82, 2.24) is 9.88 Å². The predicted octanol–water partition coefficient (Wildman–Crippen LogP) is 6.17. The van der Waals surface area contributed by atoms with Crippen LogP contribution in [-0.4, -0.2) is 42.5 Å². The molecule has 0 spiro atoms. The third kappa shape index (κ3) is 5.00. The molecule has 8 nitrogen and oxygen atoms in total. The van der Waals surface area contributed by atoms with Crippen LogP contribution >= 0.6 is 0 Å². The summed E-state index contributed by atoms with van der Waals surface area (Å²) < 4.78 is 44.2. The predicted molar refractivity (Wildman–Crippen MR) is 148 cm³/mol. The van der Waals surface area contributed by atoms with Gasteiger partial charge in [0.25, 0.3) is 11.8 Å². The van der Waals surface area contributed by atoms with Crippen LogP contribution in [0.15, 0.2) is 71.1 Å². The van der Waals surface area contributed by atoms with Crippen LogP contribution in [0, 0.1) is 11.6 Å². The lowest BCUT2D eigenvalue weighted by molar-refractivity contribution is 0.0703. The third-order valence-corrected chi connectivity index (χ3v) is 7.15. The summed E-state index contributed by atoms with van der Waals surface area (Å²) in [4.78, 5) is 30.4. The van der Waals surface area contributed by atoms with E-state index < -0.39 is 17.5 Å². The van der Waals surface area contributed by atoms with Crippen molar-refractivity contribution in [3.05, 3.63) is 101 Å². The first-order valence-corrected chi connectivity index (χ1v) is 12.9. The number of aromatic amines is 1. The molecule has 2 aromatic heterocycles. The Morgan fingerprint density at radius 3 is 2.39 bits per heavy atom. The van der Waals surface area contributed by atoms with E-state index in [9.17, 15) is 18.4 Å². The molecule has 0 radical (unpaired) electrons. The van der Waals surface area contributed by atoms with E-state index in [2.05, 4.69) is 10.3 Å². The van der Waals surface area contributed by atoms with Crippen LogP contribution in [0.5, 0.6) is 11.5 Å². The molecule has 1 aliphatic heterocycles. The molecule has 6 rings (SSSR count). The fraction of sp³-hybridized carbons (Fsp3) is 0.161. The first-order chi connectivity index (χ1) is 19.8. The Morgan fingerprint density at radius 1 is 0.927 bits per heavy atom. The van der Waals surface area contributed by atoms with Crippen molar-refractivity contribution in [2.24, 2.45) is 0 Å². The number of benzene rings is 3. The number of halogens is 2. The molecule has 2 amide bonds. The maximum atomic E-state index is 14.0. The van der Waals surface area contributed by atoms with E-state index in [0.717, 1.165) is 23.3 Å².